The summed E-state index contributed by atoms with van der Waals surface area (Å²) in [5, 5.41) is 31.4. The van der Waals surface area contributed by atoms with E-state index in [1.54, 1.807) is 24.3 Å². The van der Waals surface area contributed by atoms with Gasteiger partial charge in [0.1, 0.15) is 0 Å². The third kappa shape index (κ3) is 4.33. The molecule has 0 saturated carbocycles. The normalized spacial score (nSPS) is 10.9. The zero-order chi connectivity index (χ0) is 16.7. The Kier molecular flexibility index (Phi) is 5.76. The second-order valence-electron chi connectivity index (χ2n) is 4.79. The maximum atomic E-state index is 11.0. The van der Waals surface area contributed by atoms with Crippen LogP contribution in [0.3, 0.4) is 0 Å². The Balaban J connectivity index is 2.29. The fraction of sp³-hybridized carbons (Fsp3) is 0.250. The summed E-state index contributed by atoms with van der Waals surface area (Å²) in [6.07, 6.45) is 0.497. The van der Waals surface area contributed by atoms with Gasteiger partial charge in [-0.3, -0.25) is 10.1 Å². The lowest BCUT2D eigenvalue weighted by Gasteiger charge is -2.10. The quantitative estimate of drug-likeness (QED) is 0.458. The van der Waals surface area contributed by atoms with E-state index in [0.717, 1.165) is 17.8 Å². The van der Waals surface area contributed by atoms with Crippen LogP contribution in [0.5, 0.6) is 0 Å². The Bertz CT molecular complexity index is 716. The molecule has 0 bridgehead atoms. The first-order chi connectivity index (χ1) is 11.2. The number of nitrogens with one attached hydrogen (secondary N) is 1. The highest BCUT2D eigenvalue weighted by Crippen LogP contribution is 2.29. The number of rotatable bonds is 7. The molecule has 7 heteroatoms. The smallest absolute Gasteiger partial charge is 0.296 e. The van der Waals surface area contributed by atoms with Gasteiger partial charge >= 0.3 is 0 Å². The van der Waals surface area contributed by atoms with E-state index >= 15 is 0 Å². The number of nitrogens with zero attached hydrogens (tertiary/aromatic N) is 3. The van der Waals surface area contributed by atoms with Gasteiger partial charge in [-0.15, -0.1) is 5.11 Å². The molecule has 0 aliphatic rings. The number of nitro benzene ring substituents is 1. The summed E-state index contributed by atoms with van der Waals surface area (Å²) in [4.78, 5) is 10.5. The summed E-state index contributed by atoms with van der Waals surface area (Å²) >= 11 is 0. The lowest BCUT2D eigenvalue weighted by Crippen LogP contribution is -2.02. The molecule has 0 atom stereocenters. The maximum Gasteiger partial charge on any atom is 0.296 e. The molecule has 2 aromatic rings. The predicted molar refractivity (Wildman–Crippen MR) is 88.7 cm³/mol. The SMILES string of the molecule is CCNc1ccc(N=Nc2ccccc2[N+](=O)[O-])cc1CCO. The second kappa shape index (κ2) is 8.00. The van der Waals surface area contributed by atoms with Gasteiger partial charge in [0.25, 0.3) is 5.69 Å². The topological polar surface area (TPSA) is 100 Å². The summed E-state index contributed by atoms with van der Waals surface area (Å²) in [7, 11) is 0. The Hall–Kier alpha value is -2.80. The third-order valence-electron chi connectivity index (χ3n) is 3.19. The molecule has 0 aromatic heterocycles. The van der Waals surface area contributed by atoms with Crippen molar-refractivity contribution in [1.82, 2.24) is 0 Å². The fourth-order valence-corrected chi connectivity index (χ4v) is 2.15. The van der Waals surface area contributed by atoms with Crippen LogP contribution in [-0.4, -0.2) is 23.2 Å². The zero-order valence-corrected chi connectivity index (χ0v) is 12.8. The van der Waals surface area contributed by atoms with Gasteiger partial charge in [-0.25, -0.2) is 0 Å². The van der Waals surface area contributed by atoms with E-state index in [1.165, 1.54) is 6.07 Å². The zero-order valence-electron chi connectivity index (χ0n) is 12.8. The number of hydrogen-bond donors (Lipinski definition) is 2. The monoisotopic (exact) mass is 314 g/mol. The molecule has 23 heavy (non-hydrogen) atoms. The third-order valence-corrected chi connectivity index (χ3v) is 3.19. The fourth-order valence-electron chi connectivity index (χ4n) is 2.15. The van der Waals surface area contributed by atoms with Crippen LogP contribution in [0.4, 0.5) is 22.7 Å². The van der Waals surface area contributed by atoms with Gasteiger partial charge in [-0.1, -0.05) is 12.1 Å². The van der Waals surface area contributed by atoms with Crippen molar-refractivity contribution in [2.45, 2.75) is 13.3 Å². The lowest BCUT2D eigenvalue weighted by atomic mass is 10.1. The molecule has 0 saturated heterocycles. The van der Waals surface area contributed by atoms with Gasteiger partial charge in [-0.05, 0) is 43.2 Å². The number of azo groups is 1. The van der Waals surface area contributed by atoms with Gasteiger partial charge in [0, 0.05) is 24.9 Å². The number of anilines is 1. The first-order valence-electron chi connectivity index (χ1n) is 7.28. The number of hydrogen-bond acceptors (Lipinski definition) is 6. The average molecular weight is 314 g/mol. The van der Waals surface area contributed by atoms with Crippen molar-refractivity contribution in [3.05, 3.63) is 58.1 Å². The van der Waals surface area contributed by atoms with E-state index in [4.69, 9.17) is 5.11 Å². The van der Waals surface area contributed by atoms with E-state index < -0.39 is 4.92 Å². The van der Waals surface area contributed by atoms with Crippen molar-refractivity contribution in [3.8, 4) is 0 Å². The summed E-state index contributed by atoms with van der Waals surface area (Å²) in [6, 6.07) is 11.6. The molecule has 0 unspecified atom stereocenters. The molecule has 120 valence electrons. The van der Waals surface area contributed by atoms with Crippen molar-refractivity contribution in [3.63, 3.8) is 0 Å². The van der Waals surface area contributed by atoms with E-state index in [2.05, 4.69) is 15.5 Å². The van der Waals surface area contributed by atoms with Crippen LogP contribution in [0.25, 0.3) is 0 Å². The number of aliphatic hydroxyl groups is 1. The minimum absolute atomic E-state index is 0.0309. The Morgan fingerprint density at radius 2 is 2.00 bits per heavy atom. The van der Waals surface area contributed by atoms with Gasteiger partial charge in [0.05, 0.1) is 10.6 Å². The molecular formula is C16H18N4O3. The minimum atomic E-state index is -0.486. The standard InChI is InChI=1S/C16H18N4O3/c1-2-17-14-8-7-13(11-12(14)9-10-21)18-19-15-5-3-4-6-16(15)20(22)23/h3-8,11,17,21H,2,9-10H2,1H3. The van der Waals surface area contributed by atoms with E-state index in [-0.39, 0.29) is 18.0 Å². The average Bonchev–Trinajstić information content (AvgIpc) is 2.55. The molecule has 2 N–H and O–H groups in total. The largest absolute Gasteiger partial charge is 0.396 e. The first-order valence-corrected chi connectivity index (χ1v) is 7.28. The van der Waals surface area contributed by atoms with Gasteiger partial charge in [-0.2, -0.15) is 5.11 Å². The Morgan fingerprint density at radius 3 is 2.70 bits per heavy atom. The molecule has 2 rings (SSSR count). The number of nitro groups is 1. The predicted octanol–water partition coefficient (Wildman–Crippen LogP) is 3.98. The lowest BCUT2D eigenvalue weighted by molar-refractivity contribution is -0.384. The summed E-state index contributed by atoms with van der Waals surface area (Å²) in [5.74, 6) is 0. The molecule has 2 aromatic carbocycles. The molecular weight excluding hydrogens is 296 g/mol. The molecule has 0 amide bonds. The molecule has 0 aliphatic heterocycles. The van der Waals surface area contributed by atoms with Crippen LogP contribution < -0.4 is 5.32 Å². The summed E-state index contributed by atoms with van der Waals surface area (Å²) < 4.78 is 0. The van der Waals surface area contributed by atoms with Crippen LogP contribution in [-0.2, 0) is 6.42 Å². The van der Waals surface area contributed by atoms with E-state index in [1.807, 2.05) is 19.1 Å². The van der Waals surface area contributed by atoms with Crippen molar-refractivity contribution in [2.24, 2.45) is 10.2 Å². The molecule has 7 nitrogen and oxygen atoms in total. The highest BCUT2D eigenvalue weighted by molar-refractivity contribution is 5.59. The Morgan fingerprint density at radius 1 is 1.22 bits per heavy atom. The van der Waals surface area contributed by atoms with Crippen LogP contribution in [0, 0.1) is 10.1 Å². The van der Waals surface area contributed by atoms with Crippen molar-refractivity contribution >= 4 is 22.7 Å². The minimum Gasteiger partial charge on any atom is -0.396 e. The number of para-hydroxylation sites is 1. The van der Waals surface area contributed by atoms with Crippen molar-refractivity contribution in [1.29, 1.82) is 0 Å². The van der Waals surface area contributed by atoms with Gasteiger partial charge in [0.15, 0.2) is 5.69 Å². The second-order valence-corrected chi connectivity index (χ2v) is 4.79. The highest BCUT2D eigenvalue weighted by Gasteiger charge is 2.11. The molecule has 0 heterocycles. The highest BCUT2D eigenvalue weighted by atomic mass is 16.6. The van der Waals surface area contributed by atoms with Crippen LogP contribution in [0.15, 0.2) is 52.7 Å². The number of benzene rings is 2. The molecule has 0 spiro atoms. The van der Waals surface area contributed by atoms with Crippen LogP contribution in [0.1, 0.15) is 12.5 Å². The van der Waals surface area contributed by atoms with Crippen molar-refractivity contribution in [2.75, 3.05) is 18.5 Å². The van der Waals surface area contributed by atoms with Crippen LogP contribution in [0.2, 0.25) is 0 Å². The summed E-state index contributed by atoms with van der Waals surface area (Å²) in [6.45, 7) is 2.80. The molecule has 0 fully saturated rings. The number of aliphatic hydroxyl groups excluding tert-OH is 1. The van der Waals surface area contributed by atoms with Gasteiger partial charge < -0.3 is 10.4 Å². The summed E-state index contributed by atoms with van der Waals surface area (Å²) in [5.41, 5.74) is 2.56. The van der Waals surface area contributed by atoms with Crippen molar-refractivity contribution < 1.29 is 10.0 Å². The van der Waals surface area contributed by atoms with E-state index in [9.17, 15) is 10.1 Å². The maximum absolute atomic E-state index is 11.0. The van der Waals surface area contributed by atoms with Gasteiger partial charge in [0.2, 0.25) is 0 Å². The van der Waals surface area contributed by atoms with E-state index in [0.29, 0.717) is 12.1 Å². The van der Waals surface area contributed by atoms with Crippen LogP contribution >= 0.6 is 0 Å². The first kappa shape index (κ1) is 16.6. The molecule has 0 radical (unpaired) electrons. The Labute approximate surface area is 133 Å². The molecule has 0 aliphatic carbocycles.